The molecule has 2 aromatic carbocycles. The van der Waals surface area contributed by atoms with E-state index in [1.165, 1.54) is 29.2 Å². The Morgan fingerprint density at radius 2 is 1.67 bits per heavy atom. The molecule has 0 spiro atoms. The van der Waals surface area contributed by atoms with Gasteiger partial charge in [-0.25, -0.2) is 4.98 Å². The third-order valence-electron chi connectivity index (χ3n) is 8.65. The molecule has 1 fully saturated rings. The number of halogens is 3. The number of fused-ring (bicyclic) bond motifs is 1. The van der Waals surface area contributed by atoms with E-state index in [-0.39, 0.29) is 42.5 Å². The number of anilines is 4. The minimum atomic E-state index is -4.83. The first kappa shape index (κ1) is 32.4. The van der Waals surface area contributed by atoms with Gasteiger partial charge in [-0.2, -0.15) is 18.2 Å². The van der Waals surface area contributed by atoms with E-state index in [9.17, 15) is 37.1 Å². The number of alkyl halides is 3. The molecule has 2 aliphatic rings. The maximum Gasteiger partial charge on any atom is 0.421 e. The second-order valence-corrected chi connectivity index (χ2v) is 13.2. The largest absolute Gasteiger partial charge is 0.421 e. The van der Waals surface area contributed by atoms with Crippen LogP contribution in [0, 0.1) is 0 Å². The van der Waals surface area contributed by atoms with E-state index in [0.717, 1.165) is 12.8 Å². The molecule has 45 heavy (non-hydrogen) atoms. The van der Waals surface area contributed by atoms with Gasteiger partial charge < -0.3 is 30.2 Å². The van der Waals surface area contributed by atoms with Crippen LogP contribution in [0.1, 0.15) is 76.9 Å². The molecule has 1 aromatic heterocycles. The minimum Gasteiger partial charge on any atom is -0.339 e. The van der Waals surface area contributed by atoms with Crippen molar-refractivity contribution in [1.82, 2.24) is 19.8 Å². The number of hydrogen-bond acceptors (Lipinski definition) is 7. The molecule has 0 bridgehead atoms. The average molecular weight is 647 g/mol. The summed E-state index contributed by atoms with van der Waals surface area (Å²) < 4.78 is 54.5. The van der Waals surface area contributed by atoms with Crippen molar-refractivity contribution in [2.24, 2.45) is 0 Å². The van der Waals surface area contributed by atoms with E-state index in [0.29, 0.717) is 41.7 Å². The molecule has 1 saturated heterocycles. The smallest absolute Gasteiger partial charge is 0.339 e. The van der Waals surface area contributed by atoms with Crippen molar-refractivity contribution in [3.63, 3.8) is 0 Å². The summed E-state index contributed by atoms with van der Waals surface area (Å²) in [6.07, 6.45) is -2.04. The van der Waals surface area contributed by atoms with Crippen LogP contribution in [-0.4, -0.2) is 61.5 Å². The standard InChI is InChI=1S/C30H34F3N6O5P/c1-4-29(5-2,45(42,43)44)18-8-10-19(11-9-18)35-28-34-16-22(30(31,32)33)25(37-28)36-23-13-12-20(26(40)39-14-6-7-15-39)21-17-38(3)27(41)24(21)23/h8-13,16H,4-7,14-15,17H2,1-3H3,(H2,42,43,44)(H2,34,35,36,37). The highest BCUT2D eigenvalue weighted by molar-refractivity contribution is 7.53. The number of nitrogens with zero attached hydrogens (tertiary/aromatic N) is 4. The van der Waals surface area contributed by atoms with E-state index in [4.69, 9.17) is 0 Å². The maximum atomic E-state index is 14.1. The molecule has 2 aliphatic heterocycles. The van der Waals surface area contributed by atoms with Gasteiger partial charge in [0.1, 0.15) is 11.4 Å². The van der Waals surface area contributed by atoms with Crippen molar-refractivity contribution in [3.05, 3.63) is 70.4 Å². The quantitative estimate of drug-likeness (QED) is 0.206. The number of amides is 2. The van der Waals surface area contributed by atoms with Gasteiger partial charge in [-0.1, -0.05) is 26.0 Å². The first-order valence-corrected chi connectivity index (χ1v) is 16.2. The third kappa shape index (κ3) is 6.01. The number of nitrogens with one attached hydrogen (secondary N) is 2. The molecule has 3 aromatic rings. The topological polar surface area (TPSA) is 148 Å². The van der Waals surface area contributed by atoms with Gasteiger partial charge in [0.25, 0.3) is 11.8 Å². The summed E-state index contributed by atoms with van der Waals surface area (Å²) in [5.74, 6) is -1.44. The molecule has 4 N–H and O–H groups in total. The lowest BCUT2D eigenvalue weighted by Gasteiger charge is -2.33. The first-order chi connectivity index (χ1) is 21.2. The Morgan fingerprint density at radius 1 is 1.02 bits per heavy atom. The van der Waals surface area contributed by atoms with E-state index in [1.54, 1.807) is 37.9 Å². The van der Waals surface area contributed by atoms with Gasteiger partial charge in [-0.15, -0.1) is 0 Å². The summed E-state index contributed by atoms with van der Waals surface area (Å²) in [5, 5.41) is 4.15. The summed E-state index contributed by atoms with van der Waals surface area (Å²) in [5.41, 5.74) is 0.607. The van der Waals surface area contributed by atoms with Crippen molar-refractivity contribution in [3.8, 4) is 0 Å². The Bertz CT molecular complexity index is 1670. The molecule has 15 heteroatoms. The number of carbonyl (C=O) groups is 2. The first-order valence-electron chi connectivity index (χ1n) is 14.5. The summed E-state index contributed by atoms with van der Waals surface area (Å²) in [7, 11) is -2.95. The molecule has 3 heterocycles. The number of carbonyl (C=O) groups excluding carboxylic acids is 2. The van der Waals surface area contributed by atoms with Gasteiger partial charge in [0.2, 0.25) is 5.95 Å². The number of rotatable bonds is 9. The molecule has 0 radical (unpaired) electrons. The SMILES string of the molecule is CCC(CC)(c1ccc(Nc2ncc(C(F)(F)F)c(Nc3ccc(C(=O)N4CCCC4)c4c3C(=O)N(C)C4)n2)cc1)P(=O)(O)O. The normalized spacial score (nSPS) is 15.4. The van der Waals surface area contributed by atoms with Crippen molar-refractivity contribution in [2.45, 2.75) is 57.4 Å². The zero-order valence-electron chi connectivity index (χ0n) is 25.0. The fourth-order valence-corrected chi connectivity index (χ4v) is 7.36. The Hall–Kier alpha value is -4.00. The molecule has 11 nitrogen and oxygen atoms in total. The Labute approximate surface area is 258 Å². The van der Waals surface area contributed by atoms with Crippen LogP contribution < -0.4 is 10.6 Å². The van der Waals surface area contributed by atoms with E-state index in [2.05, 4.69) is 20.6 Å². The summed E-state index contributed by atoms with van der Waals surface area (Å²) in [6, 6.07) is 9.12. The van der Waals surface area contributed by atoms with Crippen LogP contribution in [-0.2, 0) is 22.4 Å². The van der Waals surface area contributed by atoms with Crippen molar-refractivity contribution in [2.75, 3.05) is 30.8 Å². The van der Waals surface area contributed by atoms with Crippen molar-refractivity contribution < 1.29 is 37.1 Å². The lowest BCUT2D eigenvalue weighted by molar-refractivity contribution is -0.137. The van der Waals surface area contributed by atoms with Gasteiger partial charge in [0.05, 0.1) is 16.4 Å². The van der Waals surface area contributed by atoms with E-state index >= 15 is 0 Å². The average Bonchev–Trinajstić information content (AvgIpc) is 3.62. The maximum absolute atomic E-state index is 14.1. The van der Waals surface area contributed by atoms with Gasteiger partial charge >= 0.3 is 13.8 Å². The summed E-state index contributed by atoms with van der Waals surface area (Å²) in [4.78, 5) is 57.5. The monoisotopic (exact) mass is 646 g/mol. The fourth-order valence-electron chi connectivity index (χ4n) is 6.05. The summed E-state index contributed by atoms with van der Waals surface area (Å²) >= 11 is 0. The van der Waals surface area contributed by atoms with Crippen molar-refractivity contribution >= 4 is 42.6 Å². The molecule has 0 atom stereocenters. The molecule has 240 valence electrons. The minimum absolute atomic E-state index is 0.0738. The predicted molar refractivity (Wildman–Crippen MR) is 162 cm³/mol. The van der Waals surface area contributed by atoms with Crippen LogP contribution in [0.2, 0.25) is 0 Å². The van der Waals surface area contributed by atoms with E-state index < -0.39 is 36.2 Å². The van der Waals surface area contributed by atoms with Gasteiger partial charge in [-0.05, 0) is 61.1 Å². The Balaban J connectivity index is 1.48. The predicted octanol–water partition coefficient (Wildman–Crippen LogP) is 6.00. The molecule has 0 aliphatic carbocycles. The number of likely N-dealkylation sites (tertiary alicyclic amines) is 1. The molecule has 0 saturated carbocycles. The second-order valence-electron chi connectivity index (χ2n) is 11.2. The number of benzene rings is 2. The summed E-state index contributed by atoms with van der Waals surface area (Å²) in [6.45, 7) is 4.73. The van der Waals surface area contributed by atoms with Crippen LogP contribution in [0.25, 0.3) is 0 Å². The molecule has 0 unspecified atom stereocenters. The van der Waals surface area contributed by atoms with Gasteiger partial charge in [0.15, 0.2) is 0 Å². The van der Waals surface area contributed by atoms with Gasteiger partial charge in [-0.3, -0.25) is 14.2 Å². The van der Waals surface area contributed by atoms with Crippen molar-refractivity contribution in [1.29, 1.82) is 0 Å². The van der Waals surface area contributed by atoms with Crippen LogP contribution in [0.5, 0.6) is 0 Å². The zero-order chi connectivity index (χ0) is 32.7. The van der Waals surface area contributed by atoms with Crippen LogP contribution >= 0.6 is 7.60 Å². The third-order valence-corrected chi connectivity index (χ3v) is 10.7. The Morgan fingerprint density at radius 3 is 2.24 bits per heavy atom. The van der Waals surface area contributed by atoms with Crippen LogP contribution in [0.15, 0.2) is 42.6 Å². The van der Waals surface area contributed by atoms with Gasteiger partial charge in [0, 0.05) is 44.1 Å². The lowest BCUT2D eigenvalue weighted by atomic mass is 9.92. The molecule has 2 amide bonds. The molecular weight excluding hydrogens is 612 g/mol. The van der Waals surface area contributed by atoms with E-state index in [1.807, 2.05) is 0 Å². The molecular formula is C30H34F3N6O5P. The number of aromatic nitrogens is 2. The molecule has 5 rings (SSSR count). The lowest BCUT2D eigenvalue weighted by Crippen LogP contribution is -2.28. The Kier molecular flexibility index (Phi) is 8.69. The second kappa shape index (κ2) is 12.1. The highest BCUT2D eigenvalue weighted by atomic mass is 31.2. The van der Waals surface area contributed by atoms with Crippen LogP contribution in [0.4, 0.5) is 36.3 Å². The fraction of sp³-hybridized carbons (Fsp3) is 0.400. The number of hydrogen-bond donors (Lipinski definition) is 4. The highest BCUT2D eigenvalue weighted by Gasteiger charge is 2.45. The highest BCUT2D eigenvalue weighted by Crippen LogP contribution is 2.61. The van der Waals surface area contributed by atoms with Crippen LogP contribution in [0.3, 0.4) is 0 Å². The zero-order valence-corrected chi connectivity index (χ0v) is 25.9.